The third-order valence-electron chi connectivity index (χ3n) is 9.28. The number of nitrogens with zero attached hydrogens (tertiary/aromatic N) is 3. The molecule has 2 N–H and O–H groups in total. The molecule has 2 aromatic heterocycles. The number of ketones is 1. The molecule has 1 saturated carbocycles. The summed E-state index contributed by atoms with van der Waals surface area (Å²) in [6, 6.07) is 17.8. The number of carbonyl (C=O) groups excluding carboxylic acids is 1. The van der Waals surface area contributed by atoms with Crippen LogP contribution in [0, 0.1) is 5.92 Å². The number of fused-ring (bicyclic) bond motifs is 1. The topological polar surface area (TPSA) is 123 Å². The lowest BCUT2D eigenvalue weighted by atomic mass is 9.94. The van der Waals surface area contributed by atoms with E-state index in [1.54, 1.807) is 25.1 Å². The summed E-state index contributed by atoms with van der Waals surface area (Å²) in [5.74, 6) is 0.919. The number of pyridine rings is 2. The fourth-order valence-electron chi connectivity index (χ4n) is 6.91. The number of halogens is 2. The number of hydrogen-bond acceptors (Lipinski definition) is 9. The van der Waals surface area contributed by atoms with Gasteiger partial charge in [-0.15, -0.1) is 0 Å². The Bertz CT molecular complexity index is 1900. The molecule has 2 aliphatic carbocycles. The summed E-state index contributed by atoms with van der Waals surface area (Å²) in [6.07, 6.45) is 3.48. The molecule has 2 atom stereocenters. The molecule has 0 aliphatic heterocycles. The van der Waals surface area contributed by atoms with E-state index in [-0.39, 0.29) is 18.5 Å². The van der Waals surface area contributed by atoms with Crippen molar-refractivity contribution >= 4 is 35.0 Å². The van der Waals surface area contributed by atoms with Gasteiger partial charge in [-0.05, 0) is 67.6 Å². The second-order valence-electron chi connectivity index (χ2n) is 12.8. The van der Waals surface area contributed by atoms with E-state index >= 15 is 0 Å². The molecular formula is C38H40Cl2N4O6. The van der Waals surface area contributed by atoms with Crippen LogP contribution >= 0.6 is 23.2 Å². The maximum Gasteiger partial charge on any atom is 0.317 e. The highest BCUT2D eigenvalue weighted by Crippen LogP contribution is 2.44. The van der Waals surface area contributed by atoms with Gasteiger partial charge < -0.3 is 24.6 Å². The van der Waals surface area contributed by atoms with E-state index in [0.717, 1.165) is 59.2 Å². The van der Waals surface area contributed by atoms with Crippen LogP contribution in [0.2, 0.25) is 10.0 Å². The largest absolute Gasteiger partial charge is 0.481 e. The Balaban J connectivity index is 1.21. The first-order valence-electron chi connectivity index (χ1n) is 16.6. The van der Waals surface area contributed by atoms with Crippen LogP contribution in [0.4, 0.5) is 0 Å². The molecule has 0 spiro atoms. The minimum Gasteiger partial charge on any atom is -0.481 e. The van der Waals surface area contributed by atoms with E-state index in [1.807, 2.05) is 36.4 Å². The predicted octanol–water partition coefficient (Wildman–Crippen LogP) is 7.18. The summed E-state index contributed by atoms with van der Waals surface area (Å²) in [7, 11) is 4.83. The Kier molecular flexibility index (Phi) is 11.2. The van der Waals surface area contributed by atoms with Crippen molar-refractivity contribution in [2.75, 3.05) is 34.4 Å². The van der Waals surface area contributed by atoms with Crippen molar-refractivity contribution in [3.63, 3.8) is 0 Å². The van der Waals surface area contributed by atoms with Crippen molar-refractivity contribution < 1.29 is 28.9 Å². The molecule has 0 radical (unpaired) electrons. The molecule has 2 aliphatic rings. The minimum atomic E-state index is -0.928. The fourth-order valence-corrected chi connectivity index (χ4v) is 7.46. The number of aromatic nitrogens is 2. The SMILES string of the molecule is COc1nc(-c2cccc(-c3cccc4c3CC[C@@H]4Oc3nc(OC)c(CN(C)CC(=O)O)cc3Cl)c2Cl)ccc1CNC[C@@H]1CCC(=O)C1. The fraction of sp³-hybridized carbons (Fsp3) is 0.368. The van der Waals surface area contributed by atoms with Crippen LogP contribution in [0.15, 0.2) is 54.6 Å². The van der Waals surface area contributed by atoms with Gasteiger partial charge in [0.1, 0.15) is 16.9 Å². The van der Waals surface area contributed by atoms with Crippen LogP contribution in [0.1, 0.15) is 54.0 Å². The van der Waals surface area contributed by atoms with Gasteiger partial charge >= 0.3 is 5.97 Å². The van der Waals surface area contributed by atoms with E-state index in [9.17, 15) is 9.59 Å². The quantitative estimate of drug-likeness (QED) is 0.139. The molecule has 0 amide bonds. The van der Waals surface area contributed by atoms with Crippen molar-refractivity contribution in [2.45, 2.75) is 51.3 Å². The zero-order chi connectivity index (χ0) is 35.4. The monoisotopic (exact) mass is 718 g/mol. The van der Waals surface area contributed by atoms with Gasteiger partial charge in [0.25, 0.3) is 0 Å². The Morgan fingerprint density at radius 2 is 1.68 bits per heavy atom. The maximum absolute atomic E-state index is 11.6. The molecule has 2 heterocycles. The number of ether oxygens (including phenoxy) is 3. The normalized spacial score (nSPS) is 16.9. The molecule has 10 nitrogen and oxygen atoms in total. The lowest BCUT2D eigenvalue weighted by Crippen LogP contribution is -2.25. The number of methoxy groups -OCH3 is 2. The lowest BCUT2D eigenvalue weighted by Gasteiger charge is -2.19. The number of rotatable bonds is 14. The molecule has 0 bridgehead atoms. The molecule has 50 heavy (non-hydrogen) atoms. The molecule has 6 rings (SSSR count). The summed E-state index contributed by atoms with van der Waals surface area (Å²) >= 11 is 13.8. The first-order valence-corrected chi connectivity index (χ1v) is 17.4. The van der Waals surface area contributed by atoms with Crippen molar-refractivity contribution in [3.05, 3.63) is 86.9 Å². The summed E-state index contributed by atoms with van der Waals surface area (Å²) in [6.45, 7) is 1.55. The molecular weight excluding hydrogens is 679 g/mol. The molecule has 1 fully saturated rings. The Morgan fingerprint density at radius 3 is 2.42 bits per heavy atom. The second-order valence-corrected chi connectivity index (χ2v) is 13.6. The molecule has 0 saturated heterocycles. The third-order valence-corrected chi connectivity index (χ3v) is 9.96. The number of nitrogens with one attached hydrogen (secondary N) is 1. The van der Waals surface area contributed by atoms with Crippen LogP contribution in [0.5, 0.6) is 17.6 Å². The number of hydrogen-bond donors (Lipinski definition) is 2. The van der Waals surface area contributed by atoms with Gasteiger partial charge in [0, 0.05) is 48.2 Å². The highest BCUT2D eigenvalue weighted by atomic mass is 35.5. The van der Waals surface area contributed by atoms with Gasteiger partial charge in [-0.25, -0.2) is 4.98 Å². The highest BCUT2D eigenvalue weighted by Gasteiger charge is 2.29. The van der Waals surface area contributed by atoms with E-state index < -0.39 is 5.97 Å². The number of carbonyl (C=O) groups is 2. The molecule has 12 heteroatoms. The van der Waals surface area contributed by atoms with Crippen molar-refractivity contribution in [2.24, 2.45) is 5.92 Å². The van der Waals surface area contributed by atoms with Crippen molar-refractivity contribution in [3.8, 4) is 40.0 Å². The highest BCUT2D eigenvalue weighted by molar-refractivity contribution is 6.36. The van der Waals surface area contributed by atoms with Gasteiger partial charge in [0.05, 0.1) is 31.5 Å². The summed E-state index contributed by atoms with van der Waals surface area (Å²) in [5, 5.41) is 13.5. The van der Waals surface area contributed by atoms with Crippen LogP contribution in [0.25, 0.3) is 22.4 Å². The van der Waals surface area contributed by atoms with Gasteiger partial charge in [0.2, 0.25) is 17.6 Å². The first-order chi connectivity index (χ1) is 24.1. The second kappa shape index (κ2) is 15.8. The summed E-state index contributed by atoms with van der Waals surface area (Å²) in [5.41, 5.74) is 7.19. The third kappa shape index (κ3) is 7.89. The number of likely N-dealkylation sites (N-methyl/N-ethyl adjacent to an activating group) is 1. The van der Waals surface area contributed by atoms with Crippen LogP contribution in [-0.4, -0.2) is 66.1 Å². The summed E-state index contributed by atoms with van der Waals surface area (Å²) < 4.78 is 17.6. The van der Waals surface area contributed by atoms with Crippen molar-refractivity contribution in [1.82, 2.24) is 20.2 Å². The average molecular weight is 720 g/mol. The van der Waals surface area contributed by atoms with Gasteiger partial charge in [-0.2, -0.15) is 4.98 Å². The molecule has 0 unspecified atom stereocenters. The van der Waals surface area contributed by atoms with E-state index in [4.69, 9.17) is 47.5 Å². The van der Waals surface area contributed by atoms with Crippen LogP contribution in [-0.2, 0) is 29.1 Å². The van der Waals surface area contributed by atoms with Gasteiger partial charge in [-0.1, -0.05) is 65.7 Å². The zero-order valence-corrected chi connectivity index (χ0v) is 29.8. The minimum absolute atomic E-state index is 0.131. The standard InChI is InChI=1S/C38H40Cl2N4O6/c1-44(21-34(46)47)20-24-17-31(39)38(43-37(24)49-3)50-33-15-13-27-26(6-4-7-28(27)33)29-8-5-9-30(35(29)40)32-14-11-23(36(42-32)48-2)19-41-18-22-10-12-25(45)16-22/h4-9,11,14,17,22,33,41H,10,12-13,15-16,18-21H2,1-3H3,(H,46,47)/t22-,33+/m1/s1. The molecule has 2 aromatic carbocycles. The Morgan fingerprint density at radius 1 is 0.940 bits per heavy atom. The van der Waals surface area contributed by atoms with E-state index in [1.165, 1.54) is 7.11 Å². The Hall–Kier alpha value is -4.22. The number of carboxylic acid groups (broad SMARTS) is 1. The number of benzene rings is 2. The molecule has 262 valence electrons. The number of carboxylic acids is 1. The van der Waals surface area contributed by atoms with Crippen LogP contribution < -0.4 is 19.5 Å². The van der Waals surface area contributed by atoms with Gasteiger partial charge in [-0.3, -0.25) is 14.5 Å². The van der Waals surface area contributed by atoms with E-state index in [0.29, 0.717) is 70.7 Å². The number of aliphatic carboxylic acids is 1. The molecule has 4 aromatic rings. The van der Waals surface area contributed by atoms with Crippen molar-refractivity contribution in [1.29, 1.82) is 0 Å². The number of Topliss-reactive ketones (excluding diaryl/α,β-unsaturated/α-hetero) is 1. The predicted molar refractivity (Wildman–Crippen MR) is 192 cm³/mol. The maximum atomic E-state index is 11.6. The average Bonchev–Trinajstić information content (AvgIpc) is 3.71. The Labute approximate surface area is 301 Å². The summed E-state index contributed by atoms with van der Waals surface area (Å²) in [4.78, 5) is 33.8. The van der Waals surface area contributed by atoms with Gasteiger partial charge in [0.15, 0.2) is 0 Å². The van der Waals surface area contributed by atoms with E-state index in [2.05, 4.69) is 22.4 Å². The first kappa shape index (κ1) is 35.6. The zero-order valence-electron chi connectivity index (χ0n) is 28.3. The van der Waals surface area contributed by atoms with Crippen LogP contribution in [0.3, 0.4) is 0 Å². The lowest BCUT2D eigenvalue weighted by molar-refractivity contribution is -0.138. The smallest absolute Gasteiger partial charge is 0.317 e.